The van der Waals surface area contributed by atoms with Crippen LogP contribution < -0.4 is 0 Å². The predicted octanol–water partition coefficient (Wildman–Crippen LogP) is 4.08. The van der Waals surface area contributed by atoms with E-state index in [9.17, 15) is 0 Å². The van der Waals surface area contributed by atoms with Gasteiger partial charge < -0.3 is 9.47 Å². The Kier molecular flexibility index (Phi) is 3.90. The second-order valence-electron chi connectivity index (χ2n) is 5.88. The first-order valence-corrected chi connectivity index (χ1v) is 7.68. The molecule has 3 rings (SSSR count). The fourth-order valence-corrected chi connectivity index (χ4v) is 3.39. The third kappa shape index (κ3) is 2.70. The first-order valence-electron chi connectivity index (χ1n) is 7.68. The van der Waals surface area contributed by atoms with Gasteiger partial charge in [-0.05, 0) is 24.8 Å². The van der Waals surface area contributed by atoms with Crippen molar-refractivity contribution >= 4 is 0 Å². The molecule has 0 N–H and O–H groups in total. The zero-order valence-electron chi connectivity index (χ0n) is 11.8. The lowest BCUT2D eigenvalue weighted by molar-refractivity contribution is -0.0214. The zero-order valence-corrected chi connectivity index (χ0v) is 11.8. The van der Waals surface area contributed by atoms with Gasteiger partial charge in [0.05, 0.1) is 18.8 Å². The Bertz CT molecular complexity index is 403. The van der Waals surface area contributed by atoms with Crippen LogP contribution in [0.2, 0.25) is 0 Å². The van der Waals surface area contributed by atoms with Gasteiger partial charge in [-0.15, -0.1) is 0 Å². The predicted molar refractivity (Wildman–Crippen MR) is 76.0 cm³/mol. The van der Waals surface area contributed by atoms with E-state index in [1.54, 1.807) is 0 Å². The Hall–Kier alpha value is -0.860. The molecule has 2 fully saturated rings. The Morgan fingerprint density at radius 1 is 1.21 bits per heavy atom. The third-order valence-corrected chi connectivity index (χ3v) is 4.55. The van der Waals surface area contributed by atoms with Gasteiger partial charge >= 0.3 is 0 Å². The molecule has 2 aliphatic rings. The monoisotopic (exact) mass is 260 g/mol. The van der Waals surface area contributed by atoms with Gasteiger partial charge in [0.15, 0.2) is 0 Å². The van der Waals surface area contributed by atoms with Gasteiger partial charge in [0.2, 0.25) is 0 Å². The summed E-state index contributed by atoms with van der Waals surface area (Å²) in [5.74, 6) is 0. The minimum Gasteiger partial charge on any atom is -0.370 e. The maximum absolute atomic E-state index is 6.15. The minimum absolute atomic E-state index is 0.0873. The average Bonchev–Trinajstić information content (AvgIpc) is 3.06. The van der Waals surface area contributed by atoms with Gasteiger partial charge in [-0.1, -0.05) is 56.5 Å². The van der Waals surface area contributed by atoms with Crippen LogP contribution in [0.1, 0.15) is 51.0 Å². The topological polar surface area (TPSA) is 21.8 Å². The van der Waals surface area contributed by atoms with Crippen molar-refractivity contribution in [3.05, 3.63) is 35.9 Å². The quantitative estimate of drug-likeness (QED) is 0.544. The number of rotatable bonds is 7. The summed E-state index contributed by atoms with van der Waals surface area (Å²) >= 11 is 0. The summed E-state index contributed by atoms with van der Waals surface area (Å²) in [6, 6.07) is 10.4. The standard InChI is InChI=1S/C17H24O2/c1-2-3-7-12-17-15(10-11-16(17)19-17)18-13-14-8-5-4-6-9-14/h4-6,8-9,15-16H,2-3,7,10-13H2,1H3/t15-,16+,17+/m1/s1. The van der Waals surface area contributed by atoms with Crippen LogP contribution in [0.25, 0.3) is 0 Å². The normalized spacial score (nSPS) is 32.3. The lowest BCUT2D eigenvalue weighted by Gasteiger charge is -2.21. The zero-order chi connectivity index (χ0) is 13.1. The maximum Gasteiger partial charge on any atom is 0.121 e. The summed E-state index contributed by atoms with van der Waals surface area (Å²) in [5.41, 5.74) is 1.35. The van der Waals surface area contributed by atoms with Gasteiger partial charge in [-0.25, -0.2) is 0 Å². The van der Waals surface area contributed by atoms with Crippen molar-refractivity contribution in [1.29, 1.82) is 0 Å². The van der Waals surface area contributed by atoms with Crippen LogP contribution in [-0.4, -0.2) is 17.8 Å². The molecule has 3 atom stereocenters. The number of epoxide rings is 1. The molecule has 0 radical (unpaired) electrons. The molecule has 1 saturated carbocycles. The van der Waals surface area contributed by atoms with Crippen LogP contribution in [0.5, 0.6) is 0 Å². The Balaban J connectivity index is 1.53. The Morgan fingerprint density at radius 3 is 2.79 bits per heavy atom. The highest BCUT2D eigenvalue weighted by molar-refractivity contribution is 5.16. The van der Waals surface area contributed by atoms with E-state index in [1.165, 1.54) is 44.1 Å². The molecule has 1 aromatic rings. The molecule has 0 spiro atoms. The van der Waals surface area contributed by atoms with Crippen LogP contribution in [0.4, 0.5) is 0 Å². The molecule has 1 aliphatic heterocycles. The lowest BCUT2D eigenvalue weighted by Crippen LogP contribution is -2.29. The maximum atomic E-state index is 6.15. The van der Waals surface area contributed by atoms with Crippen LogP contribution in [0.3, 0.4) is 0 Å². The number of fused-ring (bicyclic) bond motifs is 1. The van der Waals surface area contributed by atoms with Crippen molar-refractivity contribution in [3.8, 4) is 0 Å². The van der Waals surface area contributed by atoms with Crippen LogP contribution in [-0.2, 0) is 16.1 Å². The third-order valence-electron chi connectivity index (χ3n) is 4.55. The molecule has 1 aromatic carbocycles. The minimum atomic E-state index is 0.0873. The van der Waals surface area contributed by atoms with Crippen LogP contribution >= 0.6 is 0 Å². The molecule has 19 heavy (non-hydrogen) atoms. The van der Waals surface area contributed by atoms with E-state index in [0.29, 0.717) is 12.2 Å². The number of benzene rings is 1. The van der Waals surface area contributed by atoms with Crippen LogP contribution in [0.15, 0.2) is 30.3 Å². The molecule has 2 nitrogen and oxygen atoms in total. The largest absolute Gasteiger partial charge is 0.370 e. The molecule has 104 valence electrons. The van der Waals surface area contributed by atoms with Crippen molar-refractivity contribution in [2.24, 2.45) is 0 Å². The van der Waals surface area contributed by atoms with Gasteiger partial charge in [0.25, 0.3) is 0 Å². The van der Waals surface area contributed by atoms with Crippen LogP contribution in [0, 0.1) is 0 Å². The molecule has 1 heterocycles. The average molecular weight is 260 g/mol. The Labute approximate surface area is 116 Å². The fourth-order valence-electron chi connectivity index (χ4n) is 3.39. The summed E-state index contributed by atoms with van der Waals surface area (Å²) in [4.78, 5) is 0. The molecule has 0 unspecified atom stereocenters. The second kappa shape index (κ2) is 5.64. The van der Waals surface area contributed by atoms with Crippen molar-refractivity contribution in [2.75, 3.05) is 0 Å². The van der Waals surface area contributed by atoms with Crippen molar-refractivity contribution < 1.29 is 9.47 Å². The smallest absolute Gasteiger partial charge is 0.121 e. The Morgan fingerprint density at radius 2 is 2.05 bits per heavy atom. The van der Waals surface area contributed by atoms with E-state index < -0.39 is 0 Å². The van der Waals surface area contributed by atoms with Crippen molar-refractivity contribution in [1.82, 2.24) is 0 Å². The lowest BCUT2D eigenvalue weighted by atomic mass is 9.97. The number of hydrogen-bond donors (Lipinski definition) is 0. The fraction of sp³-hybridized carbons (Fsp3) is 0.647. The molecule has 0 amide bonds. The number of unbranched alkanes of at least 4 members (excludes halogenated alkanes) is 2. The molecule has 1 aliphatic carbocycles. The summed E-state index contributed by atoms with van der Waals surface area (Å²) < 4.78 is 12.1. The van der Waals surface area contributed by atoms with E-state index in [2.05, 4.69) is 31.2 Å². The highest BCUT2D eigenvalue weighted by atomic mass is 16.6. The molecule has 2 heteroatoms. The van der Waals surface area contributed by atoms with Gasteiger partial charge in [0.1, 0.15) is 5.60 Å². The first kappa shape index (κ1) is 13.1. The van der Waals surface area contributed by atoms with E-state index in [4.69, 9.17) is 9.47 Å². The van der Waals surface area contributed by atoms with Gasteiger partial charge in [-0.2, -0.15) is 0 Å². The van der Waals surface area contributed by atoms with Gasteiger partial charge in [0, 0.05) is 0 Å². The van der Waals surface area contributed by atoms with E-state index in [1.807, 2.05) is 6.07 Å². The summed E-state index contributed by atoms with van der Waals surface area (Å²) in [6.45, 7) is 2.97. The summed E-state index contributed by atoms with van der Waals surface area (Å²) in [7, 11) is 0. The number of hydrogen-bond acceptors (Lipinski definition) is 2. The van der Waals surface area contributed by atoms with Crippen molar-refractivity contribution in [2.45, 2.75) is 69.9 Å². The first-order chi connectivity index (χ1) is 9.35. The number of ether oxygens (including phenoxy) is 2. The SMILES string of the molecule is CCCCC[C@@]12O[C@H]1CC[C@H]2OCc1ccccc1. The van der Waals surface area contributed by atoms with Gasteiger partial charge in [-0.3, -0.25) is 0 Å². The summed E-state index contributed by atoms with van der Waals surface area (Å²) in [6.07, 6.45) is 8.21. The summed E-state index contributed by atoms with van der Waals surface area (Å²) in [5, 5.41) is 0. The van der Waals surface area contributed by atoms with E-state index in [-0.39, 0.29) is 5.60 Å². The molecular formula is C17H24O2. The highest BCUT2D eigenvalue weighted by Crippen LogP contribution is 2.54. The van der Waals surface area contributed by atoms with E-state index in [0.717, 1.165) is 6.61 Å². The molecule has 0 bridgehead atoms. The molecule has 0 aromatic heterocycles. The second-order valence-corrected chi connectivity index (χ2v) is 5.88. The molecule has 1 saturated heterocycles. The highest BCUT2D eigenvalue weighted by Gasteiger charge is 2.65. The van der Waals surface area contributed by atoms with E-state index >= 15 is 0 Å². The molecular weight excluding hydrogens is 236 g/mol. The van der Waals surface area contributed by atoms with Crippen molar-refractivity contribution in [3.63, 3.8) is 0 Å².